The van der Waals surface area contributed by atoms with Gasteiger partial charge in [-0.25, -0.2) is 8.42 Å². The smallest absolute Gasteiger partial charge is 0.299 e. The molecule has 0 aliphatic carbocycles. The molecule has 6 nitrogen and oxygen atoms in total. The molecule has 3 aromatic rings. The minimum absolute atomic E-state index is 0.0517. The van der Waals surface area contributed by atoms with Crippen molar-refractivity contribution in [2.24, 2.45) is 0 Å². The fourth-order valence-electron chi connectivity index (χ4n) is 2.46. The van der Waals surface area contributed by atoms with Gasteiger partial charge in [0.2, 0.25) is 5.91 Å². The Morgan fingerprint density at radius 1 is 0.967 bits per heavy atom. The van der Waals surface area contributed by atoms with Crippen LogP contribution in [-0.2, 0) is 27.4 Å². The molecule has 0 saturated heterocycles. The Kier molecular flexibility index (Phi) is 6.32. The van der Waals surface area contributed by atoms with E-state index in [-0.39, 0.29) is 16.3 Å². The summed E-state index contributed by atoms with van der Waals surface area (Å²) in [6, 6.07) is 13.8. The van der Waals surface area contributed by atoms with Crippen molar-refractivity contribution in [2.75, 3.05) is 10.1 Å². The summed E-state index contributed by atoms with van der Waals surface area (Å²) in [6.45, 7) is 0. The summed E-state index contributed by atoms with van der Waals surface area (Å²) in [5, 5.41) is 1.66. The predicted octanol–water partition coefficient (Wildman–Crippen LogP) is 4.25. The van der Waals surface area contributed by atoms with Crippen LogP contribution in [0, 0.1) is 0 Å². The molecule has 0 aliphatic heterocycles. The molecule has 0 aliphatic rings. The van der Waals surface area contributed by atoms with Gasteiger partial charge in [0.25, 0.3) is 10.0 Å². The summed E-state index contributed by atoms with van der Waals surface area (Å²) in [5.41, 5.74) is 4.98. The van der Waals surface area contributed by atoms with E-state index in [9.17, 15) is 26.4 Å². The van der Waals surface area contributed by atoms with Crippen LogP contribution in [0.4, 0.5) is 24.5 Å². The second kappa shape index (κ2) is 8.76. The average Bonchev–Trinajstić information content (AvgIpc) is 3.23. The number of hydrogen-bond acceptors (Lipinski definition) is 5. The van der Waals surface area contributed by atoms with Gasteiger partial charge in [0, 0.05) is 5.69 Å². The molecule has 158 valence electrons. The van der Waals surface area contributed by atoms with Crippen LogP contribution >= 0.6 is 11.3 Å². The molecular weight excluding hydrogens is 439 g/mol. The highest BCUT2D eigenvalue weighted by Gasteiger charge is 2.30. The van der Waals surface area contributed by atoms with E-state index in [2.05, 4.69) is 15.6 Å². The maximum Gasteiger partial charge on any atom is 0.416 e. The van der Waals surface area contributed by atoms with E-state index in [1.165, 1.54) is 30.3 Å². The number of anilines is 2. The second-order valence-corrected chi connectivity index (χ2v) is 9.02. The van der Waals surface area contributed by atoms with Crippen molar-refractivity contribution < 1.29 is 26.4 Å². The Balaban J connectivity index is 1.55. The molecule has 0 saturated carbocycles. The van der Waals surface area contributed by atoms with E-state index in [1.807, 2.05) is 0 Å². The third-order valence-electron chi connectivity index (χ3n) is 3.87. The van der Waals surface area contributed by atoms with Crippen LogP contribution in [0.15, 0.2) is 70.3 Å². The molecule has 0 spiro atoms. The zero-order valence-corrected chi connectivity index (χ0v) is 16.9. The summed E-state index contributed by atoms with van der Waals surface area (Å²) in [5.74, 6) is -0.473. The van der Waals surface area contributed by atoms with Crippen molar-refractivity contribution >= 4 is 38.6 Å². The molecule has 0 bridgehead atoms. The maximum absolute atomic E-state index is 12.7. The molecule has 3 N–H and O–H groups in total. The molecular formula is C19H16F3N3O3S2. The van der Waals surface area contributed by atoms with E-state index >= 15 is 0 Å². The van der Waals surface area contributed by atoms with Gasteiger partial charge >= 0.3 is 6.18 Å². The quantitative estimate of drug-likeness (QED) is 0.465. The van der Waals surface area contributed by atoms with Gasteiger partial charge in [0.1, 0.15) is 4.21 Å². The van der Waals surface area contributed by atoms with Crippen LogP contribution in [0.25, 0.3) is 0 Å². The number of benzene rings is 2. The number of amides is 1. The third-order valence-corrected chi connectivity index (χ3v) is 6.65. The number of hydrogen-bond donors (Lipinski definition) is 3. The Morgan fingerprint density at radius 3 is 2.33 bits per heavy atom. The topological polar surface area (TPSA) is 87.3 Å². The Bertz CT molecular complexity index is 1110. The summed E-state index contributed by atoms with van der Waals surface area (Å²) in [4.78, 5) is 12.0. The van der Waals surface area contributed by atoms with Crippen LogP contribution in [0.3, 0.4) is 0 Å². The number of rotatable bonds is 7. The molecule has 1 amide bonds. The van der Waals surface area contributed by atoms with Crippen molar-refractivity contribution in [3.63, 3.8) is 0 Å². The van der Waals surface area contributed by atoms with Gasteiger partial charge in [-0.2, -0.15) is 13.2 Å². The standard InChI is InChI=1S/C19H16F3N3O3S2/c20-19(21,22)14-3-1-4-16(12-14)23-24-17(26)11-13-6-8-15(9-7-13)25-30(27,28)18-5-2-10-29-18/h1-10,12,23,25H,11H2,(H,24,26). The SMILES string of the molecule is O=C(Cc1ccc(NS(=O)(=O)c2cccs2)cc1)NNc1cccc(C(F)(F)F)c1. The first-order chi connectivity index (χ1) is 14.1. The van der Waals surface area contributed by atoms with Crippen LogP contribution in [-0.4, -0.2) is 14.3 Å². The number of hydrazine groups is 1. The number of carbonyl (C=O) groups excluding carboxylic acids is 1. The molecule has 0 radical (unpaired) electrons. The first-order valence-corrected chi connectivity index (χ1v) is 10.9. The lowest BCUT2D eigenvalue weighted by atomic mass is 10.1. The molecule has 2 aromatic carbocycles. The molecule has 11 heteroatoms. The summed E-state index contributed by atoms with van der Waals surface area (Å²) < 4.78 is 65.1. The van der Waals surface area contributed by atoms with Gasteiger partial charge < -0.3 is 0 Å². The van der Waals surface area contributed by atoms with Crippen LogP contribution < -0.4 is 15.6 Å². The number of thiophene rings is 1. The number of alkyl halides is 3. The maximum atomic E-state index is 12.7. The van der Waals surface area contributed by atoms with Gasteiger partial charge in [-0.05, 0) is 47.3 Å². The zero-order chi connectivity index (χ0) is 21.8. The van der Waals surface area contributed by atoms with E-state index in [1.54, 1.807) is 23.6 Å². The lowest BCUT2D eigenvalue weighted by Gasteiger charge is -2.12. The zero-order valence-electron chi connectivity index (χ0n) is 15.2. The lowest BCUT2D eigenvalue weighted by molar-refractivity contribution is -0.137. The van der Waals surface area contributed by atoms with Gasteiger partial charge in [0.15, 0.2) is 0 Å². The number of carbonyl (C=O) groups is 1. The number of nitrogens with one attached hydrogen (secondary N) is 3. The van der Waals surface area contributed by atoms with E-state index < -0.39 is 27.7 Å². The molecule has 0 atom stereocenters. The van der Waals surface area contributed by atoms with Crippen LogP contribution in [0.1, 0.15) is 11.1 Å². The van der Waals surface area contributed by atoms with Gasteiger partial charge in [-0.15, -0.1) is 11.3 Å². The van der Waals surface area contributed by atoms with Crippen LogP contribution in [0.5, 0.6) is 0 Å². The lowest BCUT2D eigenvalue weighted by Crippen LogP contribution is -2.30. The van der Waals surface area contributed by atoms with Crippen molar-refractivity contribution in [3.8, 4) is 0 Å². The van der Waals surface area contributed by atoms with Crippen molar-refractivity contribution in [1.82, 2.24) is 5.43 Å². The van der Waals surface area contributed by atoms with Crippen molar-refractivity contribution in [2.45, 2.75) is 16.8 Å². The number of halogens is 3. The predicted molar refractivity (Wildman–Crippen MR) is 108 cm³/mol. The molecule has 1 aromatic heterocycles. The van der Waals surface area contributed by atoms with E-state index in [0.29, 0.717) is 11.3 Å². The fourth-order valence-corrected chi connectivity index (χ4v) is 4.51. The van der Waals surface area contributed by atoms with E-state index in [4.69, 9.17) is 0 Å². The van der Waals surface area contributed by atoms with Crippen molar-refractivity contribution in [3.05, 3.63) is 77.2 Å². The minimum Gasteiger partial charge on any atom is -0.299 e. The molecule has 0 unspecified atom stereocenters. The largest absolute Gasteiger partial charge is 0.416 e. The van der Waals surface area contributed by atoms with Gasteiger partial charge in [0.05, 0.1) is 17.7 Å². The molecule has 3 rings (SSSR count). The van der Waals surface area contributed by atoms with Crippen molar-refractivity contribution in [1.29, 1.82) is 0 Å². The second-order valence-electron chi connectivity index (χ2n) is 6.16. The Morgan fingerprint density at radius 2 is 1.70 bits per heavy atom. The summed E-state index contributed by atoms with van der Waals surface area (Å²) in [6.07, 6.45) is -4.53. The first-order valence-electron chi connectivity index (χ1n) is 8.51. The Hall–Kier alpha value is -3.05. The fraction of sp³-hybridized carbons (Fsp3) is 0.105. The molecule has 1 heterocycles. The molecule has 30 heavy (non-hydrogen) atoms. The third kappa shape index (κ3) is 5.74. The van der Waals surface area contributed by atoms with Crippen LogP contribution in [0.2, 0.25) is 0 Å². The first kappa shape index (κ1) is 21.7. The summed E-state index contributed by atoms with van der Waals surface area (Å²) >= 11 is 1.09. The Labute approximate surface area is 174 Å². The summed E-state index contributed by atoms with van der Waals surface area (Å²) in [7, 11) is -3.66. The highest BCUT2D eigenvalue weighted by molar-refractivity contribution is 7.94. The highest BCUT2D eigenvalue weighted by Crippen LogP contribution is 2.30. The normalized spacial score (nSPS) is 11.7. The monoisotopic (exact) mass is 455 g/mol. The number of sulfonamides is 1. The van der Waals surface area contributed by atoms with E-state index in [0.717, 1.165) is 23.5 Å². The highest BCUT2D eigenvalue weighted by atomic mass is 32.2. The minimum atomic E-state index is -4.48. The van der Waals surface area contributed by atoms with Gasteiger partial charge in [-0.3, -0.25) is 20.4 Å². The van der Waals surface area contributed by atoms with Gasteiger partial charge in [-0.1, -0.05) is 24.3 Å². The molecule has 0 fully saturated rings. The average molecular weight is 455 g/mol.